The molecule has 0 saturated heterocycles. The van der Waals surface area contributed by atoms with Gasteiger partial charge >= 0.3 is 5.97 Å². The summed E-state index contributed by atoms with van der Waals surface area (Å²) < 4.78 is 12.6. The zero-order valence-corrected chi connectivity index (χ0v) is 18.8. The molecule has 0 spiro atoms. The molecule has 1 aromatic heterocycles. The van der Waals surface area contributed by atoms with E-state index in [-0.39, 0.29) is 45.3 Å². The van der Waals surface area contributed by atoms with Crippen LogP contribution < -0.4 is 9.47 Å². The van der Waals surface area contributed by atoms with Crippen LogP contribution in [0.15, 0.2) is 29.6 Å². The first-order valence-corrected chi connectivity index (χ1v) is 11.7. The molecule has 1 heterocycles. The molecule has 0 radical (unpaired) electrons. The van der Waals surface area contributed by atoms with Crippen LogP contribution in [0.1, 0.15) is 81.7 Å². The zero-order chi connectivity index (χ0) is 22.8. The van der Waals surface area contributed by atoms with Crippen LogP contribution in [0.2, 0.25) is 0 Å². The summed E-state index contributed by atoms with van der Waals surface area (Å²) in [6, 6.07) is 6.67. The molecule has 1 aliphatic carbocycles. The number of ketones is 2. The number of carboxylic acids is 1. The molecule has 166 valence electrons. The summed E-state index contributed by atoms with van der Waals surface area (Å²) in [5, 5.41) is 11.6. The molecule has 2 aromatic carbocycles. The first-order chi connectivity index (χ1) is 15.5. The number of aromatic carboxylic acids is 1. The predicted molar refractivity (Wildman–Crippen MR) is 123 cm³/mol. The van der Waals surface area contributed by atoms with Crippen molar-refractivity contribution in [3.8, 4) is 11.5 Å². The Morgan fingerprint density at radius 1 is 0.906 bits per heavy atom. The van der Waals surface area contributed by atoms with Crippen molar-refractivity contribution in [2.75, 3.05) is 13.2 Å². The normalized spacial score (nSPS) is 12.6. The Kier molecular flexibility index (Phi) is 6.28. The number of benzene rings is 2. The summed E-state index contributed by atoms with van der Waals surface area (Å²) in [4.78, 5) is 39.2. The van der Waals surface area contributed by atoms with E-state index in [0.29, 0.717) is 28.9 Å². The van der Waals surface area contributed by atoms with E-state index >= 15 is 0 Å². The first kappa shape index (κ1) is 22.0. The van der Waals surface area contributed by atoms with Gasteiger partial charge in [0.25, 0.3) is 0 Å². The minimum absolute atomic E-state index is 0.0405. The number of carboxylic acid groups (broad SMARTS) is 1. The van der Waals surface area contributed by atoms with Crippen LogP contribution in [0.4, 0.5) is 0 Å². The fourth-order valence-corrected chi connectivity index (χ4v) is 4.92. The molecule has 0 fully saturated rings. The number of thiophene rings is 1. The number of carbonyl (C=O) groups is 3. The topological polar surface area (TPSA) is 89.9 Å². The second-order valence-corrected chi connectivity index (χ2v) is 8.55. The van der Waals surface area contributed by atoms with Gasteiger partial charge in [-0.3, -0.25) is 9.59 Å². The lowest BCUT2D eigenvalue weighted by Gasteiger charge is -2.24. The Hall–Kier alpha value is -3.19. The third kappa shape index (κ3) is 3.56. The summed E-state index contributed by atoms with van der Waals surface area (Å²) in [6.07, 6.45) is 3.26. The average molecular weight is 453 g/mol. The van der Waals surface area contributed by atoms with E-state index in [4.69, 9.17) is 9.47 Å². The molecular weight excluding hydrogens is 428 g/mol. The number of hydrogen-bond acceptors (Lipinski definition) is 6. The van der Waals surface area contributed by atoms with E-state index in [1.165, 1.54) is 16.7 Å². The predicted octanol–water partition coefficient (Wildman–Crippen LogP) is 5.73. The SMILES string of the molecule is CCCCOc1c2c(c(OCCCC)c3c(C(=O)O)csc13)C(=O)c1ccccc1C2=O. The molecule has 0 atom stereocenters. The summed E-state index contributed by atoms with van der Waals surface area (Å²) in [6.45, 7) is 4.71. The highest BCUT2D eigenvalue weighted by atomic mass is 32.1. The van der Waals surface area contributed by atoms with Gasteiger partial charge in [-0.15, -0.1) is 11.3 Å². The highest BCUT2D eigenvalue weighted by Crippen LogP contribution is 2.49. The maximum Gasteiger partial charge on any atom is 0.337 e. The van der Waals surface area contributed by atoms with Crippen LogP contribution in [0, 0.1) is 0 Å². The van der Waals surface area contributed by atoms with Gasteiger partial charge in [0.1, 0.15) is 11.5 Å². The monoisotopic (exact) mass is 452 g/mol. The smallest absolute Gasteiger partial charge is 0.337 e. The zero-order valence-electron chi connectivity index (χ0n) is 18.0. The van der Waals surface area contributed by atoms with E-state index in [1.807, 2.05) is 13.8 Å². The molecule has 32 heavy (non-hydrogen) atoms. The molecule has 0 aliphatic heterocycles. The Morgan fingerprint density at radius 2 is 1.44 bits per heavy atom. The van der Waals surface area contributed by atoms with Crippen molar-refractivity contribution in [2.24, 2.45) is 0 Å². The van der Waals surface area contributed by atoms with Gasteiger partial charge in [0, 0.05) is 16.5 Å². The number of carbonyl (C=O) groups excluding carboxylic acids is 2. The average Bonchev–Trinajstić information content (AvgIpc) is 3.24. The Morgan fingerprint density at radius 3 is 1.97 bits per heavy atom. The van der Waals surface area contributed by atoms with Crippen LogP contribution in [-0.2, 0) is 0 Å². The molecule has 0 amide bonds. The van der Waals surface area contributed by atoms with Crippen molar-refractivity contribution >= 4 is 39.0 Å². The molecule has 6 nitrogen and oxygen atoms in total. The molecule has 4 rings (SSSR count). The number of fused-ring (bicyclic) bond motifs is 3. The van der Waals surface area contributed by atoms with Gasteiger partial charge in [-0.1, -0.05) is 51.0 Å². The van der Waals surface area contributed by atoms with Crippen molar-refractivity contribution in [3.05, 3.63) is 57.5 Å². The van der Waals surface area contributed by atoms with Gasteiger partial charge in [-0.25, -0.2) is 4.79 Å². The van der Waals surface area contributed by atoms with Gasteiger partial charge in [-0.05, 0) is 12.8 Å². The van der Waals surface area contributed by atoms with Crippen molar-refractivity contribution in [2.45, 2.75) is 39.5 Å². The fourth-order valence-electron chi connectivity index (χ4n) is 3.87. The molecule has 3 aromatic rings. The molecule has 7 heteroatoms. The largest absolute Gasteiger partial charge is 0.492 e. The Bertz CT molecular complexity index is 1220. The second-order valence-electron chi connectivity index (χ2n) is 7.67. The third-order valence-electron chi connectivity index (χ3n) is 5.52. The minimum atomic E-state index is -1.12. The van der Waals surface area contributed by atoms with Crippen LogP contribution in [0.25, 0.3) is 10.1 Å². The molecule has 0 saturated carbocycles. The van der Waals surface area contributed by atoms with E-state index in [9.17, 15) is 19.5 Å². The van der Waals surface area contributed by atoms with Gasteiger partial charge in [-0.2, -0.15) is 0 Å². The first-order valence-electron chi connectivity index (χ1n) is 10.8. The maximum absolute atomic E-state index is 13.6. The molecule has 0 bridgehead atoms. The van der Waals surface area contributed by atoms with Crippen molar-refractivity contribution in [1.82, 2.24) is 0 Å². The van der Waals surface area contributed by atoms with E-state index < -0.39 is 5.97 Å². The number of unbranched alkanes of at least 4 members (excludes halogenated alkanes) is 2. The van der Waals surface area contributed by atoms with E-state index in [1.54, 1.807) is 24.3 Å². The Labute approximate surface area is 189 Å². The second kappa shape index (κ2) is 9.12. The quantitative estimate of drug-likeness (QED) is 0.326. The van der Waals surface area contributed by atoms with Crippen molar-refractivity contribution < 1.29 is 29.0 Å². The van der Waals surface area contributed by atoms with Crippen LogP contribution in [0.3, 0.4) is 0 Å². The number of hydrogen-bond donors (Lipinski definition) is 1. The fraction of sp³-hybridized carbons (Fsp3) is 0.320. The standard InChI is InChI=1S/C25H24O6S/c1-3-5-11-30-22-17-16(25(28)29)13-32-24(17)23(31-12-6-4-2)19-18(22)20(26)14-9-7-8-10-15(14)21(19)27/h7-10,13H,3-6,11-12H2,1-2H3,(H,28,29). The summed E-state index contributed by atoms with van der Waals surface area (Å²) in [5.41, 5.74) is 0.918. The summed E-state index contributed by atoms with van der Waals surface area (Å²) in [5.74, 6) is -1.35. The Balaban J connectivity index is 2.06. The maximum atomic E-state index is 13.6. The van der Waals surface area contributed by atoms with Crippen molar-refractivity contribution in [1.29, 1.82) is 0 Å². The lowest BCUT2D eigenvalue weighted by molar-refractivity contribution is 0.0698. The van der Waals surface area contributed by atoms with Crippen LogP contribution in [-0.4, -0.2) is 35.9 Å². The molecule has 1 aliphatic rings. The minimum Gasteiger partial charge on any atom is -0.492 e. The number of ether oxygens (including phenoxy) is 2. The molecule has 0 unspecified atom stereocenters. The van der Waals surface area contributed by atoms with Crippen molar-refractivity contribution in [3.63, 3.8) is 0 Å². The summed E-state index contributed by atoms with van der Waals surface area (Å²) >= 11 is 1.19. The van der Waals surface area contributed by atoms with E-state index in [2.05, 4.69) is 0 Å². The van der Waals surface area contributed by atoms with Gasteiger partial charge in [0.15, 0.2) is 11.6 Å². The van der Waals surface area contributed by atoms with Gasteiger partial charge in [0.2, 0.25) is 0 Å². The van der Waals surface area contributed by atoms with Crippen LogP contribution >= 0.6 is 11.3 Å². The highest BCUT2D eigenvalue weighted by molar-refractivity contribution is 7.18. The lowest BCUT2D eigenvalue weighted by atomic mass is 9.82. The molecule has 1 N–H and O–H groups in total. The van der Waals surface area contributed by atoms with Crippen LogP contribution in [0.5, 0.6) is 11.5 Å². The highest BCUT2D eigenvalue weighted by Gasteiger charge is 2.38. The third-order valence-corrected chi connectivity index (χ3v) is 6.50. The number of rotatable bonds is 9. The molecular formula is C25H24O6S. The lowest BCUT2D eigenvalue weighted by Crippen LogP contribution is -2.23. The summed E-state index contributed by atoms with van der Waals surface area (Å²) in [7, 11) is 0. The van der Waals surface area contributed by atoms with Gasteiger partial charge < -0.3 is 14.6 Å². The van der Waals surface area contributed by atoms with E-state index in [0.717, 1.165) is 25.7 Å². The van der Waals surface area contributed by atoms with Gasteiger partial charge in [0.05, 0.1) is 40.0 Å².